The average molecular weight is 195 g/mol. The zero-order chi connectivity index (χ0) is 9.42. The number of alkyl halides is 1. The van der Waals surface area contributed by atoms with Gasteiger partial charge in [-0.1, -0.05) is 6.07 Å². The molecule has 0 aromatic carbocycles. The van der Waals surface area contributed by atoms with Gasteiger partial charge in [-0.3, -0.25) is 0 Å². The molecule has 2 aromatic heterocycles. The number of aromatic nitrogens is 2. The number of rotatable bonds is 1. The Kier molecular flexibility index (Phi) is 2.00. The number of halogens is 1. The van der Waals surface area contributed by atoms with Gasteiger partial charge >= 0.3 is 0 Å². The summed E-state index contributed by atoms with van der Waals surface area (Å²) in [6.07, 6.45) is 1.99. The van der Waals surface area contributed by atoms with Crippen molar-refractivity contribution in [3.63, 3.8) is 0 Å². The van der Waals surface area contributed by atoms with Crippen LogP contribution in [-0.4, -0.2) is 9.38 Å². The van der Waals surface area contributed by atoms with Crippen LogP contribution in [0.15, 0.2) is 18.3 Å². The van der Waals surface area contributed by atoms with E-state index in [1.165, 1.54) is 11.3 Å². The summed E-state index contributed by atoms with van der Waals surface area (Å²) in [4.78, 5) is 4.36. The molecule has 13 heavy (non-hydrogen) atoms. The third-order valence-corrected chi connectivity index (χ3v) is 2.61. The highest BCUT2D eigenvalue weighted by Crippen LogP contribution is 2.13. The van der Waals surface area contributed by atoms with Gasteiger partial charge in [-0.05, 0) is 25.5 Å². The van der Waals surface area contributed by atoms with Gasteiger partial charge in [0.2, 0.25) is 0 Å². The average Bonchev–Trinajstić information content (AvgIpc) is 2.55. The first-order valence-electron chi connectivity index (χ1n) is 4.22. The summed E-state index contributed by atoms with van der Waals surface area (Å²) >= 11 is 5.71. The number of imidazole rings is 1. The van der Waals surface area contributed by atoms with Crippen molar-refractivity contribution in [2.24, 2.45) is 0 Å². The van der Waals surface area contributed by atoms with E-state index in [0.717, 1.165) is 11.3 Å². The fourth-order valence-corrected chi connectivity index (χ4v) is 1.53. The minimum atomic E-state index is 0.472. The van der Waals surface area contributed by atoms with E-state index >= 15 is 0 Å². The van der Waals surface area contributed by atoms with Crippen LogP contribution in [0.1, 0.15) is 17.0 Å². The maximum absolute atomic E-state index is 5.71. The minimum absolute atomic E-state index is 0.472. The quantitative estimate of drug-likeness (QED) is 0.638. The minimum Gasteiger partial charge on any atom is -0.304 e. The molecule has 0 fully saturated rings. The van der Waals surface area contributed by atoms with E-state index < -0.39 is 0 Å². The Labute approximate surface area is 82.2 Å². The van der Waals surface area contributed by atoms with Crippen LogP contribution >= 0.6 is 11.6 Å². The first kappa shape index (κ1) is 8.57. The van der Waals surface area contributed by atoms with Crippen molar-refractivity contribution in [3.05, 3.63) is 35.3 Å². The molecule has 2 nitrogen and oxygen atoms in total. The number of hydrogen-bond donors (Lipinski definition) is 0. The Balaban J connectivity index is 2.76. The smallest absolute Gasteiger partial charge is 0.137 e. The third kappa shape index (κ3) is 1.31. The van der Waals surface area contributed by atoms with Gasteiger partial charge in [0.1, 0.15) is 5.65 Å². The molecule has 0 bridgehead atoms. The molecule has 68 valence electrons. The van der Waals surface area contributed by atoms with Crippen molar-refractivity contribution in [3.8, 4) is 0 Å². The molecule has 0 spiro atoms. The Morgan fingerprint density at radius 1 is 1.38 bits per heavy atom. The van der Waals surface area contributed by atoms with Gasteiger partial charge < -0.3 is 4.40 Å². The molecular weight excluding hydrogens is 184 g/mol. The standard InChI is InChI=1S/C10H11ClN2/c1-7-3-4-10-12-9(5-11)6-13(10)8(7)2/h3-4,6H,5H2,1-2H3. The molecule has 0 aliphatic heterocycles. The Hall–Kier alpha value is -1.02. The summed E-state index contributed by atoms with van der Waals surface area (Å²) in [5, 5.41) is 0. The lowest BCUT2D eigenvalue weighted by Gasteiger charge is -2.01. The lowest BCUT2D eigenvalue weighted by Crippen LogP contribution is -1.92. The maximum Gasteiger partial charge on any atom is 0.137 e. The van der Waals surface area contributed by atoms with Crippen LogP contribution in [0, 0.1) is 13.8 Å². The van der Waals surface area contributed by atoms with Crippen molar-refractivity contribution in [2.45, 2.75) is 19.7 Å². The monoisotopic (exact) mass is 194 g/mol. The van der Waals surface area contributed by atoms with Crippen molar-refractivity contribution in [2.75, 3.05) is 0 Å². The lowest BCUT2D eigenvalue weighted by molar-refractivity contribution is 1.06. The second-order valence-corrected chi connectivity index (χ2v) is 3.46. The first-order valence-corrected chi connectivity index (χ1v) is 4.76. The molecule has 2 rings (SSSR count). The van der Waals surface area contributed by atoms with Crippen molar-refractivity contribution in [1.82, 2.24) is 9.38 Å². The van der Waals surface area contributed by atoms with E-state index in [9.17, 15) is 0 Å². The normalized spacial score (nSPS) is 11.0. The molecule has 0 aliphatic carbocycles. The first-order chi connectivity index (χ1) is 6.22. The Morgan fingerprint density at radius 3 is 2.85 bits per heavy atom. The molecular formula is C10H11ClN2. The topological polar surface area (TPSA) is 17.3 Å². The lowest BCUT2D eigenvalue weighted by atomic mass is 10.2. The number of nitrogens with zero attached hydrogens (tertiary/aromatic N) is 2. The van der Waals surface area contributed by atoms with Gasteiger partial charge in [0, 0.05) is 11.9 Å². The van der Waals surface area contributed by atoms with Crippen LogP contribution in [0.5, 0.6) is 0 Å². The summed E-state index contributed by atoms with van der Waals surface area (Å²) in [6, 6.07) is 4.09. The highest BCUT2D eigenvalue weighted by molar-refractivity contribution is 6.16. The number of pyridine rings is 1. The van der Waals surface area contributed by atoms with Crippen LogP contribution in [0.4, 0.5) is 0 Å². The fourth-order valence-electron chi connectivity index (χ4n) is 1.41. The van der Waals surface area contributed by atoms with Gasteiger partial charge in [-0.2, -0.15) is 0 Å². The summed E-state index contributed by atoms with van der Waals surface area (Å²) in [5.74, 6) is 0.472. The van der Waals surface area contributed by atoms with Crippen LogP contribution < -0.4 is 0 Å². The van der Waals surface area contributed by atoms with Crippen molar-refractivity contribution >= 4 is 17.2 Å². The van der Waals surface area contributed by atoms with Crippen LogP contribution in [0.2, 0.25) is 0 Å². The van der Waals surface area contributed by atoms with Crippen molar-refractivity contribution < 1.29 is 0 Å². The molecule has 0 atom stereocenters. The van der Waals surface area contributed by atoms with E-state index in [1.807, 2.05) is 12.3 Å². The van der Waals surface area contributed by atoms with E-state index in [0.29, 0.717) is 5.88 Å². The second-order valence-electron chi connectivity index (χ2n) is 3.20. The Bertz CT molecular complexity index is 445. The highest BCUT2D eigenvalue weighted by Gasteiger charge is 2.03. The number of hydrogen-bond acceptors (Lipinski definition) is 1. The molecule has 3 heteroatoms. The van der Waals surface area contributed by atoms with E-state index in [2.05, 4.69) is 29.3 Å². The predicted octanol–water partition coefficient (Wildman–Crippen LogP) is 2.69. The fraction of sp³-hybridized carbons (Fsp3) is 0.300. The summed E-state index contributed by atoms with van der Waals surface area (Å²) in [6.45, 7) is 4.18. The van der Waals surface area contributed by atoms with E-state index in [-0.39, 0.29) is 0 Å². The van der Waals surface area contributed by atoms with Crippen LogP contribution in [-0.2, 0) is 5.88 Å². The largest absolute Gasteiger partial charge is 0.304 e. The van der Waals surface area contributed by atoms with Crippen LogP contribution in [0.25, 0.3) is 5.65 Å². The molecule has 0 saturated heterocycles. The van der Waals surface area contributed by atoms with Gasteiger partial charge in [-0.15, -0.1) is 11.6 Å². The SMILES string of the molecule is Cc1ccc2nc(CCl)cn2c1C. The predicted molar refractivity (Wildman–Crippen MR) is 54.2 cm³/mol. The third-order valence-electron chi connectivity index (χ3n) is 2.33. The summed E-state index contributed by atoms with van der Waals surface area (Å²) in [7, 11) is 0. The van der Waals surface area contributed by atoms with Gasteiger partial charge in [-0.25, -0.2) is 4.98 Å². The molecule has 0 saturated carbocycles. The summed E-state index contributed by atoms with van der Waals surface area (Å²) < 4.78 is 2.08. The number of fused-ring (bicyclic) bond motifs is 1. The molecule has 2 aromatic rings. The molecule has 0 N–H and O–H groups in total. The van der Waals surface area contributed by atoms with Gasteiger partial charge in [0.25, 0.3) is 0 Å². The van der Waals surface area contributed by atoms with Gasteiger partial charge in [0.05, 0.1) is 11.6 Å². The zero-order valence-electron chi connectivity index (χ0n) is 7.71. The second kappa shape index (κ2) is 3.04. The molecule has 0 aliphatic rings. The van der Waals surface area contributed by atoms with E-state index in [4.69, 9.17) is 11.6 Å². The highest BCUT2D eigenvalue weighted by atomic mass is 35.5. The van der Waals surface area contributed by atoms with Crippen LogP contribution in [0.3, 0.4) is 0 Å². The summed E-state index contributed by atoms with van der Waals surface area (Å²) in [5.41, 5.74) is 4.39. The molecule has 0 amide bonds. The maximum atomic E-state index is 5.71. The zero-order valence-corrected chi connectivity index (χ0v) is 8.47. The van der Waals surface area contributed by atoms with Gasteiger partial charge in [0.15, 0.2) is 0 Å². The molecule has 0 radical (unpaired) electrons. The molecule has 2 heterocycles. The van der Waals surface area contributed by atoms with Crippen molar-refractivity contribution in [1.29, 1.82) is 0 Å². The number of aryl methyl sites for hydroxylation is 2. The molecule has 0 unspecified atom stereocenters. The Morgan fingerprint density at radius 2 is 2.15 bits per heavy atom. The van der Waals surface area contributed by atoms with E-state index in [1.54, 1.807) is 0 Å².